The van der Waals surface area contributed by atoms with Gasteiger partial charge in [0, 0.05) is 11.8 Å². The van der Waals surface area contributed by atoms with Crippen molar-refractivity contribution < 1.29 is 9.90 Å². The van der Waals surface area contributed by atoms with Crippen LogP contribution in [-0.2, 0) is 4.79 Å². The van der Waals surface area contributed by atoms with E-state index in [0.717, 1.165) is 50.4 Å². The summed E-state index contributed by atoms with van der Waals surface area (Å²) in [6, 6.07) is 0. The standard InChI is InChI=1S/C19H28O2/c1-18-9-7-13(20)11-12(18)3-4-14-15-5-6-17(21)19(15,2)10-8-16(14)18/h11,13-16,20H,3-10H2,1-2H3/t13-,14-,15+,16-,18+,19+/m0/s1. The van der Waals surface area contributed by atoms with Crippen LogP contribution >= 0.6 is 0 Å². The lowest BCUT2D eigenvalue weighted by atomic mass is 9.47. The molecule has 21 heavy (non-hydrogen) atoms. The number of aliphatic hydroxyl groups excluding tert-OH is 1. The van der Waals surface area contributed by atoms with Crippen LogP contribution < -0.4 is 0 Å². The number of rotatable bonds is 0. The van der Waals surface area contributed by atoms with Crippen molar-refractivity contribution in [2.24, 2.45) is 28.6 Å². The number of allylic oxidation sites excluding steroid dienone is 1. The first kappa shape index (κ1) is 14.0. The summed E-state index contributed by atoms with van der Waals surface area (Å²) >= 11 is 0. The maximum absolute atomic E-state index is 12.4. The minimum Gasteiger partial charge on any atom is -0.389 e. The van der Waals surface area contributed by atoms with E-state index in [4.69, 9.17) is 0 Å². The summed E-state index contributed by atoms with van der Waals surface area (Å²) in [7, 11) is 0. The second kappa shape index (κ2) is 4.44. The van der Waals surface area contributed by atoms with E-state index in [9.17, 15) is 9.90 Å². The summed E-state index contributed by atoms with van der Waals surface area (Å²) in [5.74, 6) is 2.66. The fourth-order valence-electron chi connectivity index (χ4n) is 6.48. The molecule has 1 N–H and O–H groups in total. The SMILES string of the molecule is C[C@@]12CC[C@H]3[C@@H](CCC4=C[C@@H](O)CC[C@]43C)[C@H]1CCC2=O. The zero-order valence-corrected chi connectivity index (χ0v) is 13.4. The van der Waals surface area contributed by atoms with E-state index in [1.165, 1.54) is 18.4 Å². The molecule has 0 aromatic rings. The molecule has 4 rings (SSSR count). The fraction of sp³-hybridized carbons (Fsp3) is 0.842. The molecule has 0 unspecified atom stereocenters. The highest BCUT2D eigenvalue weighted by Gasteiger charge is 2.58. The summed E-state index contributed by atoms with van der Waals surface area (Å²) in [6.07, 6.45) is 10.7. The zero-order chi connectivity index (χ0) is 14.8. The van der Waals surface area contributed by atoms with Crippen LogP contribution in [0.4, 0.5) is 0 Å². The molecular weight excluding hydrogens is 260 g/mol. The molecule has 0 aromatic heterocycles. The molecule has 0 radical (unpaired) electrons. The van der Waals surface area contributed by atoms with Crippen LogP contribution in [0.2, 0.25) is 0 Å². The smallest absolute Gasteiger partial charge is 0.139 e. The van der Waals surface area contributed by atoms with Crippen LogP contribution in [0.1, 0.15) is 65.2 Å². The molecule has 0 saturated heterocycles. The Hall–Kier alpha value is -0.630. The Morgan fingerprint density at radius 2 is 1.71 bits per heavy atom. The molecule has 0 spiro atoms. The van der Waals surface area contributed by atoms with Gasteiger partial charge in [0.2, 0.25) is 0 Å². The number of ketones is 1. The minimum atomic E-state index is -0.216. The van der Waals surface area contributed by atoms with Gasteiger partial charge in [-0.05, 0) is 68.1 Å². The van der Waals surface area contributed by atoms with E-state index in [-0.39, 0.29) is 11.5 Å². The predicted octanol–water partition coefficient (Wildman–Crippen LogP) is 3.88. The Bertz CT molecular complexity index is 508. The number of fused-ring (bicyclic) bond motifs is 5. The molecule has 0 amide bonds. The molecule has 6 atom stereocenters. The van der Waals surface area contributed by atoms with Crippen LogP contribution in [0.3, 0.4) is 0 Å². The van der Waals surface area contributed by atoms with Gasteiger partial charge < -0.3 is 5.11 Å². The van der Waals surface area contributed by atoms with Crippen molar-refractivity contribution >= 4 is 5.78 Å². The molecule has 0 aromatic carbocycles. The minimum absolute atomic E-state index is 0.00702. The summed E-state index contributed by atoms with van der Waals surface area (Å²) in [4.78, 5) is 12.4. The lowest BCUT2D eigenvalue weighted by Crippen LogP contribution is -2.50. The second-order valence-corrected chi connectivity index (χ2v) is 8.55. The first-order valence-electron chi connectivity index (χ1n) is 8.88. The van der Waals surface area contributed by atoms with Crippen molar-refractivity contribution in [3.63, 3.8) is 0 Å². The molecule has 0 heterocycles. The molecule has 3 saturated carbocycles. The van der Waals surface area contributed by atoms with Crippen LogP contribution in [0.15, 0.2) is 11.6 Å². The third-order valence-electron chi connectivity index (χ3n) is 7.80. The van der Waals surface area contributed by atoms with Crippen molar-refractivity contribution in [3.05, 3.63) is 11.6 Å². The molecule has 0 bridgehead atoms. The lowest BCUT2D eigenvalue weighted by Gasteiger charge is -2.57. The summed E-state index contributed by atoms with van der Waals surface area (Å²) in [6.45, 7) is 4.70. The molecule has 116 valence electrons. The van der Waals surface area contributed by atoms with E-state index in [0.29, 0.717) is 17.1 Å². The van der Waals surface area contributed by atoms with Crippen LogP contribution in [0, 0.1) is 28.6 Å². The van der Waals surface area contributed by atoms with Gasteiger partial charge in [-0.25, -0.2) is 0 Å². The van der Waals surface area contributed by atoms with Gasteiger partial charge >= 0.3 is 0 Å². The highest BCUT2D eigenvalue weighted by atomic mass is 16.3. The normalized spacial score (nSPS) is 52.7. The molecule has 3 fully saturated rings. The van der Waals surface area contributed by atoms with Crippen LogP contribution in [-0.4, -0.2) is 17.0 Å². The monoisotopic (exact) mass is 288 g/mol. The van der Waals surface area contributed by atoms with E-state index >= 15 is 0 Å². The highest BCUT2D eigenvalue weighted by Crippen LogP contribution is 2.64. The summed E-state index contributed by atoms with van der Waals surface area (Å²) in [5, 5.41) is 9.96. The third-order valence-corrected chi connectivity index (χ3v) is 7.80. The fourth-order valence-corrected chi connectivity index (χ4v) is 6.48. The molecule has 2 nitrogen and oxygen atoms in total. The number of carbonyl (C=O) groups is 1. The topological polar surface area (TPSA) is 37.3 Å². The van der Waals surface area contributed by atoms with Gasteiger partial charge in [-0.3, -0.25) is 4.79 Å². The average Bonchev–Trinajstić information content (AvgIpc) is 2.76. The van der Waals surface area contributed by atoms with Crippen molar-refractivity contribution in [1.82, 2.24) is 0 Å². The maximum atomic E-state index is 12.4. The van der Waals surface area contributed by atoms with Crippen molar-refractivity contribution in [2.45, 2.75) is 71.3 Å². The number of hydrogen-bond donors (Lipinski definition) is 1. The van der Waals surface area contributed by atoms with Crippen molar-refractivity contribution in [3.8, 4) is 0 Å². The molecule has 0 aliphatic heterocycles. The summed E-state index contributed by atoms with van der Waals surface area (Å²) in [5.41, 5.74) is 1.82. The van der Waals surface area contributed by atoms with Gasteiger partial charge in [0.15, 0.2) is 0 Å². The third kappa shape index (κ3) is 1.78. The molecule has 4 aliphatic carbocycles. The first-order chi connectivity index (χ1) is 9.95. The molecule has 4 aliphatic rings. The second-order valence-electron chi connectivity index (χ2n) is 8.55. The van der Waals surface area contributed by atoms with Gasteiger partial charge in [-0.2, -0.15) is 0 Å². The Balaban J connectivity index is 1.69. The van der Waals surface area contributed by atoms with Gasteiger partial charge in [0.25, 0.3) is 0 Å². The van der Waals surface area contributed by atoms with E-state index in [1.807, 2.05) is 0 Å². The largest absolute Gasteiger partial charge is 0.389 e. The number of hydrogen-bond acceptors (Lipinski definition) is 2. The lowest BCUT2D eigenvalue weighted by molar-refractivity contribution is -0.132. The van der Waals surface area contributed by atoms with Crippen LogP contribution in [0.25, 0.3) is 0 Å². The van der Waals surface area contributed by atoms with Gasteiger partial charge in [-0.1, -0.05) is 25.5 Å². The Kier molecular flexibility index (Phi) is 2.96. The van der Waals surface area contributed by atoms with E-state index in [1.54, 1.807) is 0 Å². The van der Waals surface area contributed by atoms with Gasteiger partial charge in [0.1, 0.15) is 5.78 Å². The molecular formula is C19H28O2. The van der Waals surface area contributed by atoms with Gasteiger partial charge in [-0.15, -0.1) is 0 Å². The highest BCUT2D eigenvalue weighted by molar-refractivity contribution is 5.87. The number of aliphatic hydroxyl groups is 1. The Morgan fingerprint density at radius 1 is 1.00 bits per heavy atom. The number of carbonyl (C=O) groups excluding carboxylic acids is 1. The number of Topliss-reactive ketones (excluding diaryl/α,β-unsaturated/α-hetero) is 1. The molecule has 2 heteroatoms. The quantitative estimate of drug-likeness (QED) is 0.687. The zero-order valence-electron chi connectivity index (χ0n) is 13.4. The maximum Gasteiger partial charge on any atom is 0.139 e. The summed E-state index contributed by atoms with van der Waals surface area (Å²) < 4.78 is 0. The van der Waals surface area contributed by atoms with E-state index in [2.05, 4.69) is 19.9 Å². The Morgan fingerprint density at radius 3 is 2.52 bits per heavy atom. The predicted molar refractivity (Wildman–Crippen MR) is 82.7 cm³/mol. The van der Waals surface area contributed by atoms with E-state index < -0.39 is 0 Å². The Labute approximate surface area is 128 Å². The first-order valence-corrected chi connectivity index (χ1v) is 8.88. The van der Waals surface area contributed by atoms with Crippen molar-refractivity contribution in [1.29, 1.82) is 0 Å². The van der Waals surface area contributed by atoms with Crippen LogP contribution in [0.5, 0.6) is 0 Å². The average molecular weight is 288 g/mol. The van der Waals surface area contributed by atoms with Crippen molar-refractivity contribution in [2.75, 3.05) is 0 Å². The van der Waals surface area contributed by atoms with Gasteiger partial charge in [0.05, 0.1) is 6.10 Å².